The smallest absolute Gasteiger partial charge is 0.220 e. The van der Waals surface area contributed by atoms with Gasteiger partial charge in [-0.3, -0.25) is 4.79 Å². The number of rotatable bonds is 6. The maximum atomic E-state index is 12.3. The van der Waals surface area contributed by atoms with Gasteiger partial charge < -0.3 is 15.6 Å². The van der Waals surface area contributed by atoms with Crippen LogP contribution in [0, 0.1) is 11.8 Å². The molecule has 0 saturated carbocycles. The molecule has 2 heterocycles. The number of nitrogens with zero attached hydrogens (tertiary/aromatic N) is 1. The van der Waals surface area contributed by atoms with Crippen molar-refractivity contribution in [1.82, 2.24) is 20.6 Å². The van der Waals surface area contributed by atoms with E-state index in [4.69, 9.17) is 0 Å². The first-order valence-electron chi connectivity index (χ1n) is 10.2. The van der Waals surface area contributed by atoms with Crippen molar-refractivity contribution in [2.45, 2.75) is 32.7 Å². The van der Waals surface area contributed by atoms with Crippen LogP contribution in [0.4, 0.5) is 0 Å². The van der Waals surface area contributed by atoms with E-state index in [9.17, 15) is 4.79 Å². The van der Waals surface area contributed by atoms with Gasteiger partial charge in [0.25, 0.3) is 0 Å². The summed E-state index contributed by atoms with van der Waals surface area (Å²) in [5.41, 5.74) is 4.15. The Morgan fingerprint density at radius 2 is 2.00 bits per heavy atom. The normalized spacial score (nSPS) is 17.5. The predicted octanol–water partition coefficient (Wildman–Crippen LogP) is 4.29. The van der Waals surface area contributed by atoms with E-state index in [2.05, 4.69) is 51.8 Å². The molecule has 1 aromatic heterocycles. The van der Waals surface area contributed by atoms with Crippen molar-refractivity contribution in [2.24, 2.45) is 11.8 Å². The summed E-state index contributed by atoms with van der Waals surface area (Å²) in [6.07, 6.45) is 3.04. The minimum atomic E-state index is 0. The second-order valence-electron chi connectivity index (χ2n) is 7.86. The molecule has 0 spiro atoms. The molecule has 154 valence electrons. The van der Waals surface area contributed by atoms with E-state index in [1.807, 2.05) is 24.3 Å². The van der Waals surface area contributed by atoms with Crippen LogP contribution in [0.15, 0.2) is 48.5 Å². The van der Waals surface area contributed by atoms with E-state index in [0.29, 0.717) is 24.8 Å². The molecule has 1 aliphatic heterocycles. The summed E-state index contributed by atoms with van der Waals surface area (Å²) in [6.45, 7) is 4.91. The number of para-hydroxylation sites is 2. The molecule has 0 bridgehead atoms. The van der Waals surface area contributed by atoms with E-state index in [-0.39, 0.29) is 18.3 Å². The molecule has 6 heteroatoms. The van der Waals surface area contributed by atoms with Gasteiger partial charge in [-0.25, -0.2) is 4.98 Å². The van der Waals surface area contributed by atoms with Crippen LogP contribution in [0.25, 0.3) is 22.4 Å². The molecule has 1 saturated heterocycles. The lowest BCUT2D eigenvalue weighted by Crippen LogP contribution is -2.35. The molecule has 5 nitrogen and oxygen atoms in total. The molecular formula is C23H29ClN4O. The van der Waals surface area contributed by atoms with Crippen molar-refractivity contribution in [3.8, 4) is 11.4 Å². The van der Waals surface area contributed by atoms with E-state index in [0.717, 1.165) is 41.1 Å². The van der Waals surface area contributed by atoms with E-state index >= 15 is 0 Å². The molecule has 3 aromatic rings. The molecule has 0 radical (unpaired) electrons. The Balaban J connectivity index is 0.00000240. The fourth-order valence-electron chi connectivity index (χ4n) is 3.97. The van der Waals surface area contributed by atoms with Crippen molar-refractivity contribution >= 4 is 29.3 Å². The fourth-order valence-corrected chi connectivity index (χ4v) is 3.97. The lowest BCUT2D eigenvalue weighted by Gasteiger charge is -2.28. The van der Waals surface area contributed by atoms with Crippen LogP contribution in [-0.4, -0.2) is 29.0 Å². The number of aromatic nitrogens is 2. The number of nitrogens with one attached hydrogen (secondary N) is 3. The lowest BCUT2D eigenvalue weighted by molar-refractivity contribution is -0.122. The van der Waals surface area contributed by atoms with Gasteiger partial charge in [0, 0.05) is 18.5 Å². The average Bonchev–Trinajstić information content (AvgIpc) is 3.17. The Kier molecular flexibility index (Phi) is 7.29. The predicted molar refractivity (Wildman–Crippen MR) is 120 cm³/mol. The molecule has 4 rings (SSSR count). The summed E-state index contributed by atoms with van der Waals surface area (Å²) in [5.74, 6) is 2.04. The van der Waals surface area contributed by atoms with Crippen LogP contribution in [0.5, 0.6) is 0 Å². The number of aromatic amines is 1. The van der Waals surface area contributed by atoms with Crippen molar-refractivity contribution in [3.05, 3.63) is 54.1 Å². The summed E-state index contributed by atoms with van der Waals surface area (Å²) in [6, 6.07) is 16.2. The molecular weight excluding hydrogens is 384 g/mol. The Morgan fingerprint density at radius 3 is 2.72 bits per heavy atom. The zero-order valence-electron chi connectivity index (χ0n) is 16.8. The number of carbonyl (C=O) groups excluding carboxylic acids is 1. The number of fused-ring (bicyclic) bond motifs is 1. The number of halogens is 1. The van der Waals surface area contributed by atoms with Gasteiger partial charge >= 0.3 is 0 Å². The van der Waals surface area contributed by atoms with Crippen molar-refractivity contribution < 1.29 is 4.79 Å². The Bertz CT molecular complexity index is 898. The molecule has 2 aromatic carbocycles. The summed E-state index contributed by atoms with van der Waals surface area (Å²) in [4.78, 5) is 20.3. The number of hydrogen-bond donors (Lipinski definition) is 3. The highest BCUT2D eigenvalue weighted by atomic mass is 35.5. The summed E-state index contributed by atoms with van der Waals surface area (Å²) >= 11 is 0. The molecule has 2 unspecified atom stereocenters. The number of H-pyrrole nitrogens is 1. The first kappa shape index (κ1) is 21.3. The zero-order valence-corrected chi connectivity index (χ0v) is 17.6. The molecule has 0 aliphatic carbocycles. The van der Waals surface area contributed by atoms with Gasteiger partial charge in [-0.15, -0.1) is 12.4 Å². The summed E-state index contributed by atoms with van der Waals surface area (Å²) in [7, 11) is 0. The lowest BCUT2D eigenvalue weighted by atomic mass is 9.85. The van der Waals surface area contributed by atoms with Gasteiger partial charge in [-0.05, 0) is 55.5 Å². The van der Waals surface area contributed by atoms with Gasteiger partial charge in [-0.2, -0.15) is 0 Å². The molecule has 1 aliphatic rings. The van der Waals surface area contributed by atoms with Gasteiger partial charge in [0.15, 0.2) is 0 Å². The van der Waals surface area contributed by atoms with E-state index in [1.165, 1.54) is 12.8 Å². The topological polar surface area (TPSA) is 69.8 Å². The number of carbonyl (C=O) groups is 1. The first-order valence-corrected chi connectivity index (χ1v) is 10.2. The summed E-state index contributed by atoms with van der Waals surface area (Å²) in [5, 5.41) is 6.50. The quantitative estimate of drug-likeness (QED) is 0.565. The monoisotopic (exact) mass is 412 g/mol. The van der Waals surface area contributed by atoms with Crippen molar-refractivity contribution in [1.29, 1.82) is 0 Å². The third-order valence-corrected chi connectivity index (χ3v) is 5.75. The standard InChI is InChI=1S/C23H28N4O.ClH/c1-16(19-5-4-12-24-15-19)13-22(28)25-14-17-8-10-18(11-9-17)23-26-20-6-2-3-7-21(20)27-23;/h2-3,6-11,16,19,24H,4-5,12-15H2,1H3,(H,25,28)(H,26,27);1H. The minimum Gasteiger partial charge on any atom is -0.352 e. The van der Waals surface area contributed by atoms with E-state index < -0.39 is 0 Å². The number of hydrogen-bond acceptors (Lipinski definition) is 3. The van der Waals surface area contributed by atoms with Gasteiger partial charge in [0.1, 0.15) is 5.82 Å². The molecule has 3 N–H and O–H groups in total. The second-order valence-corrected chi connectivity index (χ2v) is 7.86. The highest BCUT2D eigenvalue weighted by Gasteiger charge is 2.21. The van der Waals surface area contributed by atoms with Crippen LogP contribution in [0.1, 0.15) is 31.7 Å². The largest absolute Gasteiger partial charge is 0.352 e. The van der Waals surface area contributed by atoms with Crippen molar-refractivity contribution in [2.75, 3.05) is 13.1 Å². The Morgan fingerprint density at radius 1 is 1.21 bits per heavy atom. The average molecular weight is 413 g/mol. The maximum Gasteiger partial charge on any atom is 0.220 e. The van der Waals surface area contributed by atoms with Gasteiger partial charge in [0.05, 0.1) is 11.0 Å². The third-order valence-electron chi connectivity index (χ3n) is 5.75. The molecule has 29 heavy (non-hydrogen) atoms. The van der Waals surface area contributed by atoms with Crippen LogP contribution < -0.4 is 10.6 Å². The second kappa shape index (κ2) is 9.90. The van der Waals surface area contributed by atoms with Crippen LogP contribution in [0.3, 0.4) is 0 Å². The fraction of sp³-hybridized carbons (Fsp3) is 0.391. The highest BCUT2D eigenvalue weighted by molar-refractivity contribution is 5.85. The number of imidazole rings is 1. The van der Waals surface area contributed by atoms with Crippen LogP contribution in [0.2, 0.25) is 0 Å². The van der Waals surface area contributed by atoms with E-state index in [1.54, 1.807) is 0 Å². The highest BCUT2D eigenvalue weighted by Crippen LogP contribution is 2.23. The Labute approximate surface area is 178 Å². The number of benzene rings is 2. The third kappa shape index (κ3) is 5.37. The SMILES string of the molecule is CC(CC(=O)NCc1ccc(-c2nc3ccccc3[nH]2)cc1)C1CCCNC1.Cl. The maximum absolute atomic E-state index is 12.3. The Hall–Kier alpha value is -2.37. The minimum absolute atomic E-state index is 0. The van der Waals surface area contributed by atoms with Crippen LogP contribution in [-0.2, 0) is 11.3 Å². The number of piperidine rings is 1. The van der Waals surface area contributed by atoms with Crippen LogP contribution >= 0.6 is 12.4 Å². The molecule has 2 atom stereocenters. The van der Waals surface area contributed by atoms with Crippen molar-refractivity contribution in [3.63, 3.8) is 0 Å². The molecule has 1 fully saturated rings. The molecule has 1 amide bonds. The number of amides is 1. The van der Waals surface area contributed by atoms with Gasteiger partial charge in [-0.1, -0.05) is 43.3 Å². The first-order chi connectivity index (χ1) is 13.7. The summed E-state index contributed by atoms with van der Waals surface area (Å²) < 4.78 is 0. The van der Waals surface area contributed by atoms with Gasteiger partial charge in [0.2, 0.25) is 5.91 Å². The zero-order chi connectivity index (χ0) is 19.3.